The normalized spacial score (nSPS) is 23.6. The molecule has 3 aliphatic heterocycles. The van der Waals surface area contributed by atoms with Crippen LogP contribution in [0.2, 0.25) is 5.02 Å². The second kappa shape index (κ2) is 6.45. The predicted molar refractivity (Wildman–Crippen MR) is 99.3 cm³/mol. The van der Waals surface area contributed by atoms with E-state index in [-0.39, 0.29) is 5.91 Å². The summed E-state index contributed by atoms with van der Waals surface area (Å²) in [5.41, 5.74) is 2.33. The third-order valence-electron chi connectivity index (χ3n) is 4.97. The van der Waals surface area contributed by atoms with Crippen molar-refractivity contribution in [3.63, 3.8) is 0 Å². The minimum absolute atomic E-state index is 0.160. The van der Waals surface area contributed by atoms with Crippen molar-refractivity contribution in [3.05, 3.63) is 45.5 Å². The molecule has 0 radical (unpaired) electrons. The van der Waals surface area contributed by atoms with Crippen molar-refractivity contribution in [3.8, 4) is 0 Å². The number of allylic oxidation sites excluding steroid dienone is 1. The van der Waals surface area contributed by atoms with Crippen LogP contribution in [0.5, 0.6) is 0 Å². The van der Waals surface area contributed by atoms with Crippen molar-refractivity contribution in [2.45, 2.75) is 25.7 Å². The molecule has 3 aliphatic rings. The molecule has 0 bridgehead atoms. The fraction of sp³-hybridized carbons (Fsp3) is 0.444. The Morgan fingerprint density at radius 1 is 1.29 bits per heavy atom. The lowest BCUT2D eigenvalue weighted by Gasteiger charge is -2.33. The monoisotopic (exact) mass is 361 g/mol. The highest BCUT2D eigenvalue weighted by atomic mass is 35.5. The molecule has 0 N–H and O–H groups in total. The van der Waals surface area contributed by atoms with Gasteiger partial charge in [0, 0.05) is 36.3 Å². The van der Waals surface area contributed by atoms with Gasteiger partial charge in [0.2, 0.25) is 0 Å². The molecule has 0 saturated carbocycles. The Hall–Kier alpha value is -1.46. The smallest absolute Gasteiger partial charge is 0.262 e. The molecule has 1 unspecified atom stereocenters. The highest BCUT2D eigenvalue weighted by molar-refractivity contribution is 8.18. The van der Waals surface area contributed by atoms with Crippen LogP contribution >= 0.6 is 23.4 Å². The van der Waals surface area contributed by atoms with E-state index in [1.807, 2.05) is 24.0 Å². The number of likely N-dealkylation sites (tertiary alicyclic amines) is 1. The van der Waals surface area contributed by atoms with Gasteiger partial charge in [-0.05, 0) is 49.2 Å². The molecule has 1 saturated heterocycles. The summed E-state index contributed by atoms with van der Waals surface area (Å²) in [5, 5.41) is 1.74. The first-order valence-corrected chi connectivity index (χ1v) is 9.58. The molecule has 1 atom stereocenters. The number of benzene rings is 1. The molecule has 0 spiro atoms. The Kier molecular flexibility index (Phi) is 4.31. The maximum atomic E-state index is 13.0. The second-order valence-corrected chi connectivity index (χ2v) is 7.89. The summed E-state index contributed by atoms with van der Waals surface area (Å²) >= 11 is 7.53. The fourth-order valence-electron chi connectivity index (χ4n) is 3.62. The van der Waals surface area contributed by atoms with Crippen LogP contribution in [0.15, 0.2) is 39.9 Å². The van der Waals surface area contributed by atoms with Crippen molar-refractivity contribution in [2.24, 2.45) is 4.99 Å². The van der Waals surface area contributed by atoms with Gasteiger partial charge in [0.1, 0.15) is 0 Å². The highest BCUT2D eigenvalue weighted by Gasteiger charge is 2.36. The molecular formula is C18H20ClN3OS. The number of amidine groups is 1. The molecule has 4 rings (SSSR count). The van der Waals surface area contributed by atoms with E-state index in [9.17, 15) is 4.79 Å². The van der Waals surface area contributed by atoms with Crippen LogP contribution < -0.4 is 0 Å². The maximum absolute atomic E-state index is 13.0. The molecule has 1 aromatic rings. The number of fused-ring (bicyclic) bond motifs is 1. The third-order valence-corrected chi connectivity index (χ3v) is 6.43. The van der Waals surface area contributed by atoms with Gasteiger partial charge in [-0.2, -0.15) is 0 Å². The number of thioether (sulfide) groups is 1. The number of carbonyl (C=O) groups excluding carboxylic acids is 1. The lowest BCUT2D eigenvalue weighted by atomic mass is 9.90. The van der Waals surface area contributed by atoms with E-state index in [2.05, 4.69) is 22.0 Å². The first kappa shape index (κ1) is 16.0. The maximum Gasteiger partial charge on any atom is 0.262 e. The second-order valence-electron chi connectivity index (χ2n) is 6.47. The zero-order chi connectivity index (χ0) is 16.7. The van der Waals surface area contributed by atoms with Gasteiger partial charge in [-0.15, -0.1) is 0 Å². The van der Waals surface area contributed by atoms with Gasteiger partial charge in [0.05, 0.1) is 11.4 Å². The largest absolute Gasteiger partial charge is 0.338 e. The average molecular weight is 362 g/mol. The van der Waals surface area contributed by atoms with E-state index < -0.39 is 0 Å². The summed E-state index contributed by atoms with van der Waals surface area (Å²) in [6, 6.07) is 8.04. The van der Waals surface area contributed by atoms with Gasteiger partial charge in [0.25, 0.3) is 5.91 Å². The van der Waals surface area contributed by atoms with Crippen LogP contribution in [0, 0.1) is 0 Å². The summed E-state index contributed by atoms with van der Waals surface area (Å²) in [7, 11) is 0. The number of carbonyl (C=O) groups is 1. The Labute approximate surface area is 151 Å². The van der Waals surface area contributed by atoms with Crippen molar-refractivity contribution >= 4 is 34.4 Å². The number of halogens is 1. The molecule has 1 aromatic carbocycles. The van der Waals surface area contributed by atoms with Gasteiger partial charge in [-0.1, -0.05) is 23.7 Å². The molecule has 0 aliphatic carbocycles. The fourth-order valence-corrected chi connectivity index (χ4v) is 4.90. The molecule has 4 nitrogen and oxygen atoms in total. The van der Waals surface area contributed by atoms with Crippen molar-refractivity contribution in [2.75, 3.05) is 26.2 Å². The van der Waals surface area contributed by atoms with Crippen LogP contribution in [0.4, 0.5) is 0 Å². The van der Waals surface area contributed by atoms with Crippen molar-refractivity contribution in [1.29, 1.82) is 0 Å². The minimum Gasteiger partial charge on any atom is -0.338 e. The van der Waals surface area contributed by atoms with E-state index in [4.69, 9.17) is 11.6 Å². The lowest BCUT2D eigenvalue weighted by Crippen LogP contribution is -2.39. The highest BCUT2D eigenvalue weighted by Crippen LogP contribution is 2.38. The first-order valence-electron chi connectivity index (χ1n) is 8.39. The quantitative estimate of drug-likeness (QED) is 0.805. The molecule has 3 heterocycles. The molecular weight excluding hydrogens is 342 g/mol. The number of hydrogen-bond donors (Lipinski definition) is 0. The average Bonchev–Trinajstić information content (AvgIpc) is 3.18. The summed E-state index contributed by atoms with van der Waals surface area (Å²) in [4.78, 5) is 22.5. The van der Waals surface area contributed by atoms with Gasteiger partial charge in [-0.3, -0.25) is 9.79 Å². The number of hydrogen-bond acceptors (Lipinski definition) is 4. The number of aliphatic imine (C=N–C) groups is 1. The number of piperidine rings is 1. The first-order chi connectivity index (χ1) is 11.6. The molecule has 126 valence electrons. The summed E-state index contributed by atoms with van der Waals surface area (Å²) in [5.74, 6) is 0.553. The third kappa shape index (κ3) is 2.84. The van der Waals surface area contributed by atoms with Crippen molar-refractivity contribution in [1.82, 2.24) is 9.80 Å². The summed E-state index contributed by atoms with van der Waals surface area (Å²) in [6.07, 6.45) is 2.16. The van der Waals surface area contributed by atoms with Crippen molar-refractivity contribution < 1.29 is 4.79 Å². The van der Waals surface area contributed by atoms with Crippen LogP contribution in [0.3, 0.4) is 0 Å². The van der Waals surface area contributed by atoms with E-state index in [1.165, 1.54) is 17.3 Å². The standard InChI is InChI=1S/C18H20ClN3OS/c1-12-16(24-18-20-8-10-22(12)18)17(23)21-9-2-3-14(11-21)13-4-6-15(19)7-5-13/h4-7,14H,2-3,8-11H2,1H3. The SMILES string of the molecule is CC1=C(C(=O)N2CCCC(c3ccc(Cl)cc3)C2)SC2=NCCN21. The zero-order valence-corrected chi connectivity index (χ0v) is 15.2. The summed E-state index contributed by atoms with van der Waals surface area (Å²) in [6.45, 7) is 5.40. The molecule has 1 fully saturated rings. The van der Waals surface area contributed by atoms with E-state index >= 15 is 0 Å². The van der Waals surface area contributed by atoms with Crippen LogP contribution in [-0.2, 0) is 4.79 Å². The zero-order valence-electron chi connectivity index (χ0n) is 13.7. The van der Waals surface area contributed by atoms with Crippen LogP contribution in [0.1, 0.15) is 31.2 Å². The van der Waals surface area contributed by atoms with Gasteiger partial charge < -0.3 is 9.80 Å². The lowest BCUT2D eigenvalue weighted by molar-refractivity contribution is -0.127. The number of rotatable bonds is 2. The predicted octanol–water partition coefficient (Wildman–Crippen LogP) is 3.70. The Morgan fingerprint density at radius 3 is 2.83 bits per heavy atom. The van der Waals surface area contributed by atoms with E-state index in [1.54, 1.807) is 0 Å². The summed E-state index contributed by atoms with van der Waals surface area (Å²) < 4.78 is 0. The molecule has 0 aromatic heterocycles. The molecule has 1 amide bonds. The Morgan fingerprint density at radius 2 is 2.08 bits per heavy atom. The number of nitrogens with zero attached hydrogens (tertiary/aromatic N) is 3. The van der Waals surface area contributed by atoms with Crippen LogP contribution in [0.25, 0.3) is 0 Å². The minimum atomic E-state index is 0.160. The Balaban J connectivity index is 1.50. The van der Waals surface area contributed by atoms with Gasteiger partial charge in [0.15, 0.2) is 5.17 Å². The topological polar surface area (TPSA) is 35.9 Å². The van der Waals surface area contributed by atoms with E-state index in [0.29, 0.717) is 5.92 Å². The van der Waals surface area contributed by atoms with Gasteiger partial charge in [-0.25, -0.2) is 0 Å². The van der Waals surface area contributed by atoms with Crippen LogP contribution in [-0.4, -0.2) is 47.1 Å². The van der Waals surface area contributed by atoms with Gasteiger partial charge >= 0.3 is 0 Å². The molecule has 24 heavy (non-hydrogen) atoms. The number of amides is 1. The molecule has 6 heteroatoms. The Bertz CT molecular complexity index is 728. The van der Waals surface area contributed by atoms with E-state index in [0.717, 1.165) is 59.8 Å².